The average molecular weight is 620 g/mol. The largest absolute Gasteiger partial charge is 0.573 e. The summed E-state index contributed by atoms with van der Waals surface area (Å²) in [4.78, 5) is 27.6. The van der Waals surface area contributed by atoms with Crippen molar-refractivity contribution in [1.29, 1.82) is 0 Å². The molecule has 7 nitrogen and oxygen atoms in total. The molecule has 0 bridgehead atoms. The van der Waals surface area contributed by atoms with Gasteiger partial charge in [-0.25, -0.2) is 4.98 Å². The smallest absolute Gasteiger partial charge is 0.481 e. The SMILES string of the molecule is O=C(O)CCNC(=O)c1ccc(C(Nc2nc(-c3ccc(OC(F)(F)F)cc3)cs2)c2ccc(Br)cc2)cc1. The molecule has 3 aromatic carbocycles. The predicted octanol–water partition coefficient (Wildman–Crippen LogP) is 6.88. The minimum Gasteiger partial charge on any atom is -0.481 e. The lowest BCUT2D eigenvalue weighted by Gasteiger charge is -2.20. The molecule has 0 spiro atoms. The Balaban J connectivity index is 1.53. The fourth-order valence-corrected chi connectivity index (χ4v) is 4.66. The van der Waals surface area contributed by atoms with Crippen molar-refractivity contribution in [2.75, 3.05) is 11.9 Å². The van der Waals surface area contributed by atoms with Crippen molar-refractivity contribution in [3.05, 3.63) is 99.3 Å². The summed E-state index contributed by atoms with van der Waals surface area (Å²) in [7, 11) is 0. The van der Waals surface area contributed by atoms with Gasteiger partial charge in [-0.1, -0.05) is 40.2 Å². The van der Waals surface area contributed by atoms with Crippen molar-refractivity contribution in [2.45, 2.75) is 18.8 Å². The van der Waals surface area contributed by atoms with Crippen molar-refractivity contribution in [3.63, 3.8) is 0 Å². The monoisotopic (exact) mass is 619 g/mol. The van der Waals surface area contributed by atoms with E-state index in [2.05, 4.69) is 36.3 Å². The van der Waals surface area contributed by atoms with Crippen molar-refractivity contribution < 1.29 is 32.6 Å². The van der Waals surface area contributed by atoms with E-state index in [1.165, 1.54) is 35.6 Å². The third-order valence-corrected chi connectivity index (χ3v) is 6.79. The minimum atomic E-state index is -4.76. The number of carboxylic acids is 1. The summed E-state index contributed by atoms with van der Waals surface area (Å²) in [6.45, 7) is 0.0312. The first-order valence-electron chi connectivity index (χ1n) is 11.5. The van der Waals surface area contributed by atoms with Crippen LogP contribution in [0.25, 0.3) is 11.3 Å². The van der Waals surface area contributed by atoms with Gasteiger partial charge < -0.3 is 20.5 Å². The van der Waals surface area contributed by atoms with Crippen LogP contribution in [-0.4, -0.2) is 34.9 Å². The van der Waals surface area contributed by atoms with Gasteiger partial charge >= 0.3 is 12.3 Å². The number of aromatic nitrogens is 1. The number of halogens is 4. The highest BCUT2D eigenvalue weighted by molar-refractivity contribution is 9.10. The molecule has 1 amide bonds. The lowest BCUT2D eigenvalue weighted by molar-refractivity contribution is -0.274. The molecule has 0 aliphatic rings. The first-order valence-corrected chi connectivity index (χ1v) is 13.2. The average Bonchev–Trinajstić information content (AvgIpc) is 3.36. The molecule has 1 atom stereocenters. The summed E-state index contributed by atoms with van der Waals surface area (Å²) in [5.41, 5.74) is 3.40. The van der Waals surface area contributed by atoms with Gasteiger partial charge in [0.05, 0.1) is 18.2 Å². The van der Waals surface area contributed by atoms with Crippen LogP contribution in [0.5, 0.6) is 5.75 Å². The maximum Gasteiger partial charge on any atom is 0.573 e. The van der Waals surface area contributed by atoms with Gasteiger partial charge in [0, 0.05) is 27.5 Å². The van der Waals surface area contributed by atoms with Crippen LogP contribution in [0.15, 0.2) is 82.6 Å². The van der Waals surface area contributed by atoms with Gasteiger partial charge in [0.1, 0.15) is 5.75 Å². The number of hydrogen-bond donors (Lipinski definition) is 3. The number of anilines is 1. The summed E-state index contributed by atoms with van der Waals surface area (Å²) in [5, 5.41) is 17.1. The molecule has 0 fully saturated rings. The number of carbonyl (C=O) groups excluding carboxylic acids is 1. The number of nitrogens with zero attached hydrogens (tertiary/aromatic N) is 1. The first kappa shape index (κ1) is 28.1. The topological polar surface area (TPSA) is 101 Å². The molecule has 0 radical (unpaired) electrons. The van der Waals surface area contributed by atoms with E-state index >= 15 is 0 Å². The number of ether oxygens (including phenoxy) is 1. The van der Waals surface area contributed by atoms with Gasteiger partial charge in [-0.15, -0.1) is 24.5 Å². The lowest BCUT2D eigenvalue weighted by Crippen LogP contribution is -2.26. The van der Waals surface area contributed by atoms with Gasteiger partial charge in [0.25, 0.3) is 5.91 Å². The lowest BCUT2D eigenvalue weighted by atomic mass is 9.97. The molecule has 0 saturated carbocycles. The molecule has 4 rings (SSSR count). The zero-order chi connectivity index (χ0) is 28.0. The van der Waals surface area contributed by atoms with E-state index < -0.39 is 12.3 Å². The molecule has 4 aromatic rings. The summed E-state index contributed by atoms with van der Waals surface area (Å²) in [6.07, 6.45) is -4.93. The fourth-order valence-electron chi connectivity index (χ4n) is 3.65. The van der Waals surface area contributed by atoms with Crippen LogP contribution in [0.4, 0.5) is 18.3 Å². The number of amides is 1. The van der Waals surface area contributed by atoms with Gasteiger partial charge in [-0.05, 0) is 59.7 Å². The first-order chi connectivity index (χ1) is 18.6. The molecule has 0 aliphatic carbocycles. The highest BCUT2D eigenvalue weighted by Crippen LogP contribution is 2.33. The molecule has 1 unspecified atom stereocenters. The third-order valence-electron chi connectivity index (χ3n) is 5.49. The van der Waals surface area contributed by atoms with E-state index in [0.29, 0.717) is 22.0 Å². The number of rotatable bonds is 10. The molecular weight excluding hydrogens is 599 g/mol. The maximum absolute atomic E-state index is 12.4. The third kappa shape index (κ3) is 8.04. The Morgan fingerprint density at radius 3 is 2.18 bits per heavy atom. The van der Waals surface area contributed by atoms with Gasteiger partial charge in [0.2, 0.25) is 0 Å². The number of hydrogen-bond acceptors (Lipinski definition) is 6. The molecule has 1 heterocycles. The molecule has 1 aromatic heterocycles. The van der Waals surface area contributed by atoms with Crippen LogP contribution in [0.2, 0.25) is 0 Å². The number of alkyl halides is 3. The fraction of sp³-hybridized carbons (Fsp3) is 0.148. The molecule has 202 valence electrons. The Kier molecular flexibility index (Phi) is 8.87. The maximum atomic E-state index is 12.4. The van der Waals surface area contributed by atoms with Crippen LogP contribution >= 0.6 is 27.3 Å². The quantitative estimate of drug-likeness (QED) is 0.179. The summed E-state index contributed by atoms with van der Waals surface area (Å²) in [6, 6.07) is 19.8. The van der Waals surface area contributed by atoms with Crippen molar-refractivity contribution in [1.82, 2.24) is 10.3 Å². The van der Waals surface area contributed by atoms with Crippen molar-refractivity contribution in [2.24, 2.45) is 0 Å². The number of thiazole rings is 1. The Bertz CT molecular complexity index is 1430. The van der Waals surface area contributed by atoms with E-state index in [0.717, 1.165) is 15.6 Å². The molecule has 12 heteroatoms. The summed E-state index contributed by atoms with van der Waals surface area (Å²) < 4.78 is 42.2. The van der Waals surface area contributed by atoms with Crippen molar-refractivity contribution in [3.8, 4) is 17.0 Å². The minimum absolute atomic E-state index is 0.0312. The predicted molar refractivity (Wildman–Crippen MR) is 145 cm³/mol. The summed E-state index contributed by atoms with van der Waals surface area (Å²) >= 11 is 4.78. The van der Waals surface area contributed by atoms with Gasteiger partial charge in [0.15, 0.2) is 5.13 Å². The highest BCUT2D eigenvalue weighted by atomic mass is 79.9. The van der Waals surface area contributed by atoms with E-state index in [9.17, 15) is 22.8 Å². The second-order valence-corrected chi connectivity index (χ2v) is 10.0. The van der Waals surface area contributed by atoms with E-state index in [4.69, 9.17) is 5.11 Å². The molecular formula is C27H21BrF3N3O4S. The molecule has 39 heavy (non-hydrogen) atoms. The van der Waals surface area contributed by atoms with Crippen LogP contribution in [0.3, 0.4) is 0 Å². The normalized spacial score (nSPS) is 12.0. The van der Waals surface area contributed by atoms with Crippen LogP contribution < -0.4 is 15.4 Å². The Morgan fingerprint density at radius 2 is 1.59 bits per heavy atom. The van der Waals surface area contributed by atoms with Crippen molar-refractivity contribution >= 4 is 44.3 Å². The molecule has 0 saturated heterocycles. The Morgan fingerprint density at radius 1 is 0.974 bits per heavy atom. The van der Waals surface area contributed by atoms with E-state index in [1.807, 2.05) is 24.3 Å². The Labute approximate surface area is 233 Å². The number of nitrogens with one attached hydrogen (secondary N) is 2. The van der Waals surface area contributed by atoms with Crippen LogP contribution in [0.1, 0.15) is 33.9 Å². The summed E-state index contributed by atoms with van der Waals surface area (Å²) in [5.74, 6) is -1.67. The second kappa shape index (κ2) is 12.3. The van der Waals surface area contributed by atoms with Gasteiger partial charge in [-0.3, -0.25) is 9.59 Å². The second-order valence-electron chi connectivity index (χ2n) is 8.26. The highest BCUT2D eigenvalue weighted by Gasteiger charge is 2.31. The Hall–Kier alpha value is -3.90. The van der Waals surface area contributed by atoms with Crippen LogP contribution in [-0.2, 0) is 4.79 Å². The molecule has 3 N–H and O–H groups in total. The van der Waals surface area contributed by atoms with Gasteiger partial charge in [-0.2, -0.15) is 0 Å². The zero-order valence-electron chi connectivity index (χ0n) is 20.0. The van der Waals surface area contributed by atoms with E-state index in [1.54, 1.807) is 29.6 Å². The number of benzene rings is 3. The van der Waals surface area contributed by atoms with E-state index in [-0.39, 0.29) is 30.7 Å². The van der Waals surface area contributed by atoms with Crippen LogP contribution in [0, 0.1) is 0 Å². The number of aliphatic carboxylic acids is 1. The standard InChI is InChI=1S/C27H21BrF3N3O4S/c28-20-9-5-18(6-10-20)24(17-1-3-19(4-2-17)25(37)32-14-13-23(35)36)34-26-33-22(15-39-26)16-7-11-21(12-8-16)38-27(29,30)31/h1-12,15,24H,13-14H2,(H,32,37)(H,33,34)(H,35,36). The zero-order valence-corrected chi connectivity index (χ0v) is 22.4. The number of carboxylic acid groups (broad SMARTS) is 1. The molecule has 0 aliphatic heterocycles. The number of carbonyl (C=O) groups is 2.